The van der Waals surface area contributed by atoms with Crippen LogP contribution in [0.15, 0.2) is 0 Å². The van der Waals surface area contributed by atoms with Gasteiger partial charge in [-0.25, -0.2) is 0 Å². The van der Waals surface area contributed by atoms with Crippen LogP contribution < -0.4 is 5.32 Å². The lowest BCUT2D eigenvalue weighted by molar-refractivity contribution is -0.137. The quantitative estimate of drug-likeness (QED) is 0.676. The number of rotatable bonds is 7. The van der Waals surface area contributed by atoms with Crippen LogP contribution in [0, 0.1) is 5.92 Å². The van der Waals surface area contributed by atoms with Gasteiger partial charge in [-0.15, -0.1) is 0 Å². The number of carbonyl (C=O) groups excluding carboxylic acids is 1. The van der Waals surface area contributed by atoms with Crippen LogP contribution in [0.4, 0.5) is 0 Å². The van der Waals surface area contributed by atoms with Crippen molar-refractivity contribution in [2.75, 3.05) is 19.8 Å². The lowest BCUT2D eigenvalue weighted by atomic mass is 10.1. The lowest BCUT2D eigenvalue weighted by Gasteiger charge is -2.08. The van der Waals surface area contributed by atoms with Crippen LogP contribution in [0.1, 0.15) is 32.1 Å². The first-order valence-corrected chi connectivity index (χ1v) is 5.74. The van der Waals surface area contributed by atoms with Gasteiger partial charge in [-0.3, -0.25) is 9.59 Å². The van der Waals surface area contributed by atoms with E-state index in [2.05, 4.69) is 5.32 Å². The van der Waals surface area contributed by atoms with E-state index in [0.29, 0.717) is 25.3 Å². The summed E-state index contributed by atoms with van der Waals surface area (Å²) in [6, 6.07) is 0. The molecule has 1 fully saturated rings. The maximum absolute atomic E-state index is 11.3. The number of hydrogen-bond acceptors (Lipinski definition) is 3. The van der Waals surface area contributed by atoms with Crippen LogP contribution in [0.5, 0.6) is 0 Å². The highest BCUT2D eigenvalue weighted by Gasteiger charge is 2.15. The minimum Gasteiger partial charge on any atom is -0.481 e. The molecule has 5 heteroatoms. The van der Waals surface area contributed by atoms with Crippen LogP contribution >= 0.6 is 0 Å². The van der Waals surface area contributed by atoms with Crippen LogP contribution in [0.25, 0.3) is 0 Å². The average molecular weight is 229 g/mol. The van der Waals surface area contributed by atoms with Gasteiger partial charge in [-0.2, -0.15) is 0 Å². The van der Waals surface area contributed by atoms with E-state index in [1.165, 1.54) is 0 Å². The largest absolute Gasteiger partial charge is 0.481 e. The van der Waals surface area contributed by atoms with Crippen molar-refractivity contribution in [2.24, 2.45) is 5.92 Å². The molecule has 0 aromatic heterocycles. The number of amides is 1. The topological polar surface area (TPSA) is 75.6 Å². The van der Waals surface area contributed by atoms with E-state index in [1.807, 2.05) is 0 Å². The summed E-state index contributed by atoms with van der Waals surface area (Å²) >= 11 is 0. The second-order valence-electron chi connectivity index (χ2n) is 4.12. The summed E-state index contributed by atoms with van der Waals surface area (Å²) in [4.78, 5) is 21.5. The second kappa shape index (κ2) is 7.22. The third kappa shape index (κ3) is 5.70. The molecule has 0 spiro atoms. The zero-order chi connectivity index (χ0) is 11.8. The van der Waals surface area contributed by atoms with E-state index in [0.717, 1.165) is 26.1 Å². The average Bonchev–Trinajstić information content (AvgIpc) is 2.70. The van der Waals surface area contributed by atoms with Gasteiger partial charge in [0.1, 0.15) is 0 Å². The normalized spacial score (nSPS) is 19.6. The van der Waals surface area contributed by atoms with E-state index in [-0.39, 0.29) is 12.3 Å². The maximum Gasteiger partial charge on any atom is 0.303 e. The molecule has 92 valence electrons. The molecule has 0 saturated carbocycles. The van der Waals surface area contributed by atoms with Crippen molar-refractivity contribution in [3.05, 3.63) is 0 Å². The molecule has 1 unspecified atom stereocenters. The molecule has 0 aliphatic carbocycles. The summed E-state index contributed by atoms with van der Waals surface area (Å²) in [5.74, 6) is -0.338. The zero-order valence-electron chi connectivity index (χ0n) is 9.41. The second-order valence-corrected chi connectivity index (χ2v) is 4.12. The molecule has 1 heterocycles. The summed E-state index contributed by atoms with van der Waals surface area (Å²) in [5, 5.41) is 11.2. The fraction of sp³-hybridized carbons (Fsp3) is 0.818. The first-order chi connectivity index (χ1) is 7.68. The summed E-state index contributed by atoms with van der Waals surface area (Å²) in [6.07, 6.45) is 2.80. The summed E-state index contributed by atoms with van der Waals surface area (Å²) in [7, 11) is 0. The van der Waals surface area contributed by atoms with Crippen molar-refractivity contribution >= 4 is 11.9 Å². The molecule has 0 aromatic carbocycles. The van der Waals surface area contributed by atoms with Crippen molar-refractivity contribution in [2.45, 2.75) is 32.1 Å². The summed E-state index contributed by atoms with van der Waals surface area (Å²) in [6.45, 7) is 2.30. The van der Waals surface area contributed by atoms with Crippen LogP contribution in [0.3, 0.4) is 0 Å². The van der Waals surface area contributed by atoms with Gasteiger partial charge in [0.05, 0.1) is 0 Å². The fourth-order valence-corrected chi connectivity index (χ4v) is 1.72. The number of carbonyl (C=O) groups is 2. The van der Waals surface area contributed by atoms with Gasteiger partial charge >= 0.3 is 5.97 Å². The number of carboxylic acids is 1. The summed E-state index contributed by atoms with van der Waals surface area (Å²) < 4.78 is 5.23. The van der Waals surface area contributed by atoms with Gasteiger partial charge in [0.2, 0.25) is 5.91 Å². The fourth-order valence-electron chi connectivity index (χ4n) is 1.72. The Bertz CT molecular complexity index is 236. The van der Waals surface area contributed by atoms with Crippen molar-refractivity contribution in [3.8, 4) is 0 Å². The van der Waals surface area contributed by atoms with Crippen molar-refractivity contribution in [3.63, 3.8) is 0 Å². The highest BCUT2D eigenvalue weighted by Crippen LogP contribution is 2.15. The molecule has 0 aromatic rings. The van der Waals surface area contributed by atoms with Crippen LogP contribution in [0.2, 0.25) is 0 Å². The molecule has 0 bridgehead atoms. The molecule has 1 saturated heterocycles. The Balaban J connectivity index is 1.95. The minimum atomic E-state index is -0.851. The van der Waals surface area contributed by atoms with E-state index in [9.17, 15) is 9.59 Å². The summed E-state index contributed by atoms with van der Waals surface area (Å²) in [5.41, 5.74) is 0. The molecule has 5 nitrogen and oxygen atoms in total. The smallest absolute Gasteiger partial charge is 0.303 e. The molecule has 0 radical (unpaired) electrons. The third-order valence-electron chi connectivity index (χ3n) is 2.69. The first kappa shape index (κ1) is 13.0. The predicted octanol–water partition coefficient (Wildman–Crippen LogP) is 0.784. The van der Waals surface area contributed by atoms with Gasteiger partial charge in [0.25, 0.3) is 0 Å². The molecule has 1 amide bonds. The molecule has 1 aliphatic rings. The van der Waals surface area contributed by atoms with E-state index < -0.39 is 5.97 Å². The van der Waals surface area contributed by atoms with Crippen molar-refractivity contribution in [1.29, 1.82) is 0 Å². The molecule has 16 heavy (non-hydrogen) atoms. The minimum absolute atomic E-state index is 0.0554. The van der Waals surface area contributed by atoms with Gasteiger partial charge in [-0.1, -0.05) is 0 Å². The van der Waals surface area contributed by atoms with Crippen LogP contribution in [-0.4, -0.2) is 36.7 Å². The molecule has 1 atom stereocenters. The van der Waals surface area contributed by atoms with E-state index in [1.54, 1.807) is 0 Å². The SMILES string of the molecule is O=C(O)CCCC(=O)NCCC1CCOC1. The molecular formula is C11H19NO4. The Morgan fingerprint density at radius 1 is 1.38 bits per heavy atom. The Morgan fingerprint density at radius 3 is 2.81 bits per heavy atom. The lowest BCUT2D eigenvalue weighted by Crippen LogP contribution is -2.25. The number of aliphatic carboxylic acids is 1. The number of carboxylic acid groups (broad SMARTS) is 1. The Labute approximate surface area is 95.2 Å². The van der Waals surface area contributed by atoms with Gasteiger partial charge < -0.3 is 15.2 Å². The highest BCUT2D eigenvalue weighted by molar-refractivity contribution is 5.76. The number of ether oxygens (including phenoxy) is 1. The number of hydrogen-bond donors (Lipinski definition) is 2. The Kier molecular flexibility index (Phi) is 5.85. The monoisotopic (exact) mass is 229 g/mol. The Hall–Kier alpha value is -1.10. The maximum atomic E-state index is 11.3. The molecular weight excluding hydrogens is 210 g/mol. The van der Waals surface area contributed by atoms with Crippen LogP contribution in [-0.2, 0) is 14.3 Å². The molecule has 2 N–H and O–H groups in total. The third-order valence-corrected chi connectivity index (χ3v) is 2.69. The standard InChI is InChI=1S/C11H19NO4/c13-10(2-1-3-11(14)15)12-6-4-9-5-7-16-8-9/h9H,1-8H2,(H,12,13)(H,14,15). The van der Waals surface area contributed by atoms with E-state index >= 15 is 0 Å². The van der Waals surface area contributed by atoms with Crippen molar-refractivity contribution < 1.29 is 19.4 Å². The molecule has 1 aliphatic heterocycles. The first-order valence-electron chi connectivity index (χ1n) is 5.74. The number of nitrogens with one attached hydrogen (secondary N) is 1. The molecule has 1 rings (SSSR count). The van der Waals surface area contributed by atoms with Crippen molar-refractivity contribution in [1.82, 2.24) is 5.32 Å². The zero-order valence-corrected chi connectivity index (χ0v) is 9.41. The van der Waals surface area contributed by atoms with Gasteiger partial charge in [-0.05, 0) is 25.2 Å². The Morgan fingerprint density at radius 2 is 2.19 bits per heavy atom. The highest BCUT2D eigenvalue weighted by atomic mass is 16.5. The van der Waals surface area contributed by atoms with E-state index in [4.69, 9.17) is 9.84 Å². The predicted molar refractivity (Wildman–Crippen MR) is 58.0 cm³/mol. The van der Waals surface area contributed by atoms with Gasteiger partial charge in [0.15, 0.2) is 0 Å². The van der Waals surface area contributed by atoms with Gasteiger partial charge in [0, 0.05) is 32.6 Å².